The molecule has 4 aromatic rings. The maximum atomic E-state index is 5.82. The molecule has 1 aliphatic rings. The second-order valence-corrected chi connectivity index (χ2v) is 7.77. The molecule has 0 atom stereocenters. The van der Waals surface area contributed by atoms with Crippen LogP contribution in [0.5, 0.6) is 23.0 Å². The highest BCUT2D eigenvalue weighted by Crippen LogP contribution is 2.25. The van der Waals surface area contributed by atoms with E-state index in [2.05, 4.69) is 15.0 Å². The fraction of sp³-hybridized carbons (Fsp3) is 0.0333. The van der Waals surface area contributed by atoms with Gasteiger partial charge in [-0.1, -0.05) is 42.5 Å². The van der Waals surface area contributed by atoms with Gasteiger partial charge in [-0.15, -0.1) is 0 Å². The van der Waals surface area contributed by atoms with Crippen molar-refractivity contribution in [1.82, 2.24) is 0 Å². The fourth-order valence-corrected chi connectivity index (χ4v) is 3.37. The van der Waals surface area contributed by atoms with Gasteiger partial charge in [0.15, 0.2) is 0 Å². The second-order valence-electron chi connectivity index (χ2n) is 7.77. The molecule has 0 spiro atoms. The molecule has 5 rings (SSSR count). The highest BCUT2D eigenvalue weighted by atomic mass is 16.5. The molecule has 1 aliphatic heterocycles. The zero-order valence-corrected chi connectivity index (χ0v) is 19.0. The maximum absolute atomic E-state index is 5.82. The van der Waals surface area contributed by atoms with Gasteiger partial charge in [0.05, 0.1) is 29.0 Å². The Bertz CT molecular complexity index is 1370. The largest absolute Gasteiger partial charge is 0.457 e. The van der Waals surface area contributed by atoms with E-state index in [4.69, 9.17) is 9.47 Å². The number of para-hydroxylation sites is 2. The van der Waals surface area contributed by atoms with Crippen LogP contribution in [0.25, 0.3) is 0 Å². The zero-order valence-electron chi connectivity index (χ0n) is 19.0. The van der Waals surface area contributed by atoms with Gasteiger partial charge >= 0.3 is 0 Å². The van der Waals surface area contributed by atoms with Crippen LogP contribution < -0.4 is 9.47 Å². The monoisotopic (exact) mass is 457 g/mol. The highest BCUT2D eigenvalue weighted by Gasteiger charge is 2.05. The van der Waals surface area contributed by atoms with Crippen LogP contribution in [0.2, 0.25) is 0 Å². The van der Waals surface area contributed by atoms with Gasteiger partial charge in [-0.2, -0.15) is 0 Å². The third-order valence-electron chi connectivity index (χ3n) is 5.13. The molecule has 5 heteroatoms. The van der Waals surface area contributed by atoms with Crippen LogP contribution in [0.15, 0.2) is 136 Å². The zero-order chi connectivity index (χ0) is 23.7. The minimum atomic E-state index is 0.726. The van der Waals surface area contributed by atoms with E-state index in [1.165, 1.54) is 0 Å². The molecule has 35 heavy (non-hydrogen) atoms. The summed E-state index contributed by atoms with van der Waals surface area (Å²) in [4.78, 5) is 13.6. The lowest BCUT2D eigenvalue weighted by Crippen LogP contribution is -1.93. The minimum Gasteiger partial charge on any atom is -0.457 e. The van der Waals surface area contributed by atoms with E-state index >= 15 is 0 Å². The van der Waals surface area contributed by atoms with E-state index in [1.807, 2.05) is 115 Å². The topological polar surface area (TPSA) is 55.5 Å². The van der Waals surface area contributed by atoms with Crippen LogP contribution in [-0.4, -0.2) is 18.1 Å². The average molecular weight is 458 g/mol. The Labute approximate surface area is 204 Å². The number of benzene rings is 4. The third kappa shape index (κ3) is 6.39. The van der Waals surface area contributed by atoms with E-state index in [0.717, 1.165) is 52.2 Å². The summed E-state index contributed by atoms with van der Waals surface area (Å²) in [7, 11) is 0. The summed E-state index contributed by atoms with van der Waals surface area (Å²) in [5, 5.41) is 0. The molecule has 0 saturated heterocycles. The number of nitrogens with zero attached hydrogens (tertiary/aromatic N) is 3. The van der Waals surface area contributed by atoms with Crippen LogP contribution in [0, 0.1) is 0 Å². The molecule has 0 amide bonds. The van der Waals surface area contributed by atoms with Gasteiger partial charge < -0.3 is 9.47 Å². The molecule has 4 aromatic carbocycles. The summed E-state index contributed by atoms with van der Waals surface area (Å²) in [6.07, 6.45) is 6.32. The Hall–Kier alpha value is -4.77. The molecule has 0 unspecified atom stereocenters. The van der Waals surface area contributed by atoms with Crippen molar-refractivity contribution in [2.45, 2.75) is 6.42 Å². The highest BCUT2D eigenvalue weighted by molar-refractivity contribution is 6.33. The summed E-state index contributed by atoms with van der Waals surface area (Å²) in [6, 6.07) is 34.7. The van der Waals surface area contributed by atoms with E-state index in [0.29, 0.717) is 0 Å². The van der Waals surface area contributed by atoms with Gasteiger partial charge in [0.2, 0.25) is 0 Å². The fourth-order valence-electron chi connectivity index (χ4n) is 3.37. The lowest BCUT2D eigenvalue weighted by atomic mass is 10.3. The molecule has 0 aromatic heterocycles. The first-order valence-electron chi connectivity index (χ1n) is 11.3. The predicted octanol–water partition coefficient (Wildman–Crippen LogP) is 8.10. The van der Waals surface area contributed by atoms with E-state index in [1.54, 1.807) is 12.4 Å². The van der Waals surface area contributed by atoms with Crippen LogP contribution >= 0.6 is 0 Å². The van der Waals surface area contributed by atoms with E-state index in [9.17, 15) is 0 Å². The molecule has 170 valence electrons. The van der Waals surface area contributed by atoms with E-state index in [-0.39, 0.29) is 0 Å². The second kappa shape index (κ2) is 10.9. The van der Waals surface area contributed by atoms with Gasteiger partial charge in [-0.25, -0.2) is 0 Å². The first-order valence-corrected chi connectivity index (χ1v) is 11.3. The van der Waals surface area contributed by atoms with Crippen molar-refractivity contribution in [3.8, 4) is 23.0 Å². The number of ether oxygens (including phenoxy) is 2. The molecule has 1 heterocycles. The predicted molar refractivity (Wildman–Crippen MR) is 142 cm³/mol. The van der Waals surface area contributed by atoms with Gasteiger partial charge in [-0.05, 0) is 72.8 Å². The van der Waals surface area contributed by atoms with Crippen LogP contribution in [0.1, 0.15) is 6.42 Å². The summed E-state index contributed by atoms with van der Waals surface area (Å²) in [5.41, 5.74) is 3.39. The van der Waals surface area contributed by atoms with Crippen molar-refractivity contribution >= 4 is 29.5 Å². The van der Waals surface area contributed by atoms with Crippen molar-refractivity contribution in [2.75, 3.05) is 0 Å². The Kier molecular flexibility index (Phi) is 6.86. The molecule has 0 saturated carbocycles. The summed E-state index contributed by atoms with van der Waals surface area (Å²) < 4.78 is 11.6. The number of aliphatic imine (C=N–C) groups is 3. The third-order valence-corrected chi connectivity index (χ3v) is 5.13. The first kappa shape index (κ1) is 22.0. The number of hydrogen-bond donors (Lipinski definition) is 0. The lowest BCUT2D eigenvalue weighted by Gasteiger charge is -2.05. The average Bonchev–Trinajstić information content (AvgIpc) is 3.37. The summed E-state index contributed by atoms with van der Waals surface area (Å²) in [5.74, 6) is 3.15. The van der Waals surface area contributed by atoms with Crippen molar-refractivity contribution in [2.24, 2.45) is 15.0 Å². The standard InChI is InChI=1S/C30H23N3O2/c1-3-7-27(8-4-1)34-29-17-13-23(14-18-29)31-21-25-11-12-26(33-25)22-32-24-15-19-30(20-16-24)35-28-9-5-2-6-10-28/h1-11,13-22H,12H2. The molecule has 5 nitrogen and oxygen atoms in total. The normalized spacial score (nSPS) is 13.1. The Morgan fingerprint density at radius 1 is 0.543 bits per heavy atom. The quantitative estimate of drug-likeness (QED) is 0.251. The van der Waals surface area contributed by atoms with Gasteiger partial charge in [-0.3, -0.25) is 15.0 Å². The van der Waals surface area contributed by atoms with Crippen molar-refractivity contribution in [3.05, 3.63) is 121 Å². The van der Waals surface area contributed by atoms with Gasteiger partial charge in [0, 0.05) is 12.6 Å². The number of hydrogen-bond acceptors (Lipinski definition) is 5. The maximum Gasteiger partial charge on any atom is 0.127 e. The smallest absolute Gasteiger partial charge is 0.127 e. The summed E-state index contributed by atoms with van der Waals surface area (Å²) >= 11 is 0. The number of allylic oxidation sites excluding steroid dienone is 2. The van der Waals surface area contributed by atoms with Crippen LogP contribution in [-0.2, 0) is 0 Å². The van der Waals surface area contributed by atoms with Crippen molar-refractivity contribution in [1.29, 1.82) is 0 Å². The Balaban J connectivity index is 1.14. The van der Waals surface area contributed by atoms with Crippen molar-refractivity contribution < 1.29 is 9.47 Å². The minimum absolute atomic E-state index is 0.726. The molecule has 0 fully saturated rings. The molecule has 0 aliphatic carbocycles. The number of rotatable bonds is 8. The molecule has 0 bridgehead atoms. The van der Waals surface area contributed by atoms with Gasteiger partial charge in [0.1, 0.15) is 23.0 Å². The molecular formula is C30H23N3O2. The molecular weight excluding hydrogens is 434 g/mol. The van der Waals surface area contributed by atoms with Gasteiger partial charge in [0.25, 0.3) is 0 Å². The summed E-state index contributed by atoms with van der Waals surface area (Å²) in [6.45, 7) is 0. The SMILES string of the molecule is C(=Nc1ccc(Oc2ccccc2)cc1)C1=CCC(C=Nc2ccc(Oc3ccccc3)cc2)=N1. The Morgan fingerprint density at radius 3 is 1.51 bits per heavy atom. The van der Waals surface area contributed by atoms with Crippen LogP contribution in [0.3, 0.4) is 0 Å². The lowest BCUT2D eigenvalue weighted by molar-refractivity contribution is 0.482. The Morgan fingerprint density at radius 2 is 1.00 bits per heavy atom. The van der Waals surface area contributed by atoms with E-state index < -0.39 is 0 Å². The molecule has 0 radical (unpaired) electrons. The van der Waals surface area contributed by atoms with Crippen LogP contribution in [0.4, 0.5) is 11.4 Å². The first-order chi connectivity index (χ1) is 17.3. The molecule has 0 N–H and O–H groups in total. The van der Waals surface area contributed by atoms with Crippen molar-refractivity contribution in [3.63, 3.8) is 0 Å².